The number of hydrogen-bond donors (Lipinski definition) is 0. The highest BCUT2D eigenvalue weighted by atomic mass is 32.5. The van der Waals surface area contributed by atoms with E-state index in [0.29, 0.717) is 13.2 Å². The second-order valence-corrected chi connectivity index (χ2v) is 13.7. The van der Waals surface area contributed by atoms with Crippen LogP contribution in [-0.4, -0.2) is 57.7 Å². The van der Waals surface area contributed by atoms with Crippen LogP contribution in [0, 0.1) is 0 Å². The molecule has 0 bridgehead atoms. The summed E-state index contributed by atoms with van der Waals surface area (Å²) in [6, 6.07) is 7.91. The third-order valence-corrected chi connectivity index (χ3v) is 12.6. The third-order valence-electron chi connectivity index (χ3n) is 3.82. The minimum Gasteiger partial charge on any atom is -0.329 e. The van der Waals surface area contributed by atoms with Crippen LogP contribution in [0.4, 0.5) is 0 Å². The molecule has 0 fully saturated rings. The zero-order valence-corrected chi connectivity index (χ0v) is 21.8. The highest BCUT2D eigenvalue weighted by Gasteiger charge is 2.48. The molecule has 0 N–H and O–H groups in total. The number of benzene rings is 1. The predicted molar refractivity (Wildman–Crippen MR) is 127 cm³/mol. The molecule has 0 aromatic heterocycles. The molecule has 0 heterocycles. The van der Waals surface area contributed by atoms with Gasteiger partial charge in [0.15, 0.2) is 5.40 Å². The molecule has 1 aromatic rings. The van der Waals surface area contributed by atoms with Crippen LogP contribution in [0.25, 0.3) is 0 Å². The SMILES string of the molecule is CCOP(=O)(OCC)C(c1ccc(SCCN(C)C)cc1)P(=S)(OCC)OCC. The quantitative estimate of drug-likeness (QED) is 0.223. The molecule has 0 saturated carbocycles. The summed E-state index contributed by atoms with van der Waals surface area (Å²) >= 11 is 7.61. The summed E-state index contributed by atoms with van der Waals surface area (Å²) in [6.45, 7) is 6.54. The van der Waals surface area contributed by atoms with Gasteiger partial charge in [0.1, 0.15) is 0 Å². The first kappa shape index (κ1) is 27.3. The topological polar surface area (TPSA) is 57.2 Å². The minimum absolute atomic E-state index is 0.250. The first-order valence-corrected chi connectivity index (χ1v) is 15.2. The van der Waals surface area contributed by atoms with Crippen molar-refractivity contribution < 1.29 is 22.7 Å². The largest absolute Gasteiger partial charge is 0.347 e. The van der Waals surface area contributed by atoms with Crippen molar-refractivity contribution in [2.75, 3.05) is 52.8 Å². The summed E-state index contributed by atoms with van der Waals surface area (Å²) in [5, 5.41) is -0.773. The fourth-order valence-electron chi connectivity index (χ4n) is 2.70. The molecule has 0 radical (unpaired) electrons. The van der Waals surface area contributed by atoms with Crippen molar-refractivity contribution in [3.8, 4) is 0 Å². The molecule has 6 nitrogen and oxygen atoms in total. The highest BCUT2D eigenvalue weighted by Crippen LogP contribution is 2.78. The van der Waals surface area contributed by atoms with Gasteiger partial charge in [-0.2, -0.15) is 0 Å². The fraction of sp³-hybridized carbons (Fsp3) is 0.684. The smallest absolute Gasteiger partial charge is 0.329 e. The third kappa shape index (κ3) is 8.36. The van der Waals surface area contributed by atoms with Gasteiger partial charge in [0.2, 0.25) is 6.49 Å². The molecular formula is C19H35NO5P2S2. The van der Waals surface area contributed by atoms with Crippen LogP contribution in [-0.2, 0) is 34.5 Å². The van der Waals surface area contributed by atoms with E-state index in [1.165, 1.54) is 0 Å². The summed E-state index contributed by atoms with van der Waals surface area (Å²) in [6.07, 6.45) is 0. The molecule has 1 atom stereocenters. The van der Waals surface area contributed by atoms with Crippen LogP contribution < -0.4 is 0 Å². The van der Waals surface area contributed by atoms with Gasteiger partial charge in [-0.3, -0.25) is 4.57 Å². The van der Waals surface area contributed by atoms with Crippen LogP contribution >= 0.6 is 25.8 Å². The van der Waals surface area contributed by atoms with Crippen LogP contribution in [0.5, 0.6) is 0 Å². The second kappa shape index (κ2) is 13.6. The Balaban J connectivity index is 3.32. The lowest BCUT2D eigenvalue weighted by molar-refractivity contribution is 0.210. The number of nitrogens with zero attached hydrogens (tertiary/aromatic N) is 1. The molecule has 0 aliphatic carbocycles. The summed E-state index contributed by atoms with van der Waals surface area (Å²) in [7, 11) is 0.514. The molecule has 1 rings (SSSR count). The predicted octanol–water partition coefficient (Wildman–Crippen LogP) is 5.99. The first-order valence-electron chi connectivity index (χ1n) is 9.91. The molecule has 0 aliphatic heterocycles. The maximum atomic E-state index is 13.8. The fourth-order valence-corrected chi connectivity index (χ4v) is 11.2. The van der Waals surface area contributed by atoms with Crippen LogP contribution in [0.2, 0.25) is 0 Å². The Hall–Kier alpha value is 0.250. The van der Waals surface area contributed by atoms with E-state index in [0.717, 1.165) is 22.8 Å². The second-order valence-electron chi connectivity index (χ2n) is 6.35. The number of thioether (sulfide) groups is 1. The molecule has 10 heteroatoms. The average Bonchev–Trinajstić information content (AvgIpc) is 2.63. The minimum atomic E-state index is -3.60. The maximum absolute atomic E-state index is 13.8. The number of hydrogen-bond acceptors (Lipinski definition) is 8. The summed E-state index contributed by atoms with van der Waals surface area (Å²) in [5.74, 6) is 0.988. The Morgan fingerprint density at radius 3 is 1.83 bits per heavy atom. The maximum Gasteiger partial charge on any atom is 0.347 e. The van der Waals surface area contributed by atoms with Gasteiger partial charge in [-0.25, -0.2) is 0 Å². The Morgan fingerprint density at radius 2 is 1.41 bits per heavy atom. The van der Waals surface area contributed by atoms with Crippen LogP contribution in [0.15, 0.2) is 29.2 Å². The lowest BCUT2D eigenvalue weighted by Gasteiger charge is -2.34. The first-order chi connectivity index (χ1) is 13.8. The average molecular weight is 484 g/mol. The molecule has 0 spiro atoms. The van der Waals surface area contributed by atoms with Crippen molar-refractivity contribution in [2.24, 2.45) is 0 Å². The van der Waals surface area contributed by atoms with E-state index < -0.39 is 19.5 Å². The normalized spacial score (nSPS) is 13.8. The van der Waals surface area contributed by atoms with E-state index in [-0.39, 0.29) is 13.2 Å². The van der Waals surface area contributed by atoms with Crippen molar-refractivity contribution in [3.05, 3.63) is 29.8 Å². The lowest BCUT2D eigenvalue weighted by Crippen LogP contribution is -2.14. The highest BCUT2D eigenvalue weighted by molar-refractivity contribution is 8.12. The Morgan fingerprint density at radius 1 is 0.931 bits per heavy atom. The van der Waals surface area contributed by atoms with Crippen molar-refractivity contribution in [2.45, 2.75) is 38.0 Å². The summed E-state index contributed by atoms with van der Waals surface area (Å²) in [4.78, 5) is 3.29. The van der Waals surface area contributed by atoms with E-state index in [4.69, 9.17) is 29.9 Å². The van der Waals surface area contributed by atoms with Crippen LogP contribution in [0.3, 0.4) is 0 Å². The molecule has 29 heavy (non-hydrogen) atoms. The van der Waals surface area contributed by atoms with Gasteiger partial charge in [0.05, 0.1) is 26.4 Å². The van der Waals surface area contributed by atoms with Gasteiger partial charge in [0, 0.05) is 17.2 Å². The lowest BCUT2D eigenvalue weighted by atomic mass is 10.2. The van der Waals surface area contributed by atoms with Gasteiger partial charge in [-0.05, 0) is 71.3 Å². The van der Waals surface area contributed by atoms with Crippen molar-refractivity contribution in [3.63, 3.8) is 0 Å². The van der Waals surface area contributed by atoms with Gasteiger partial charge in [-0.1, -0.05) is 12.1 Å². The molecule has 0 amide bonds. The van der Waals surface area contributed by atoms with E-state index in [1.807, 2.05) is 38.1 Å². The van der Waals surface area contributed by atoms with Gasteiger partial charge in [0.25, 0.3) is 0 Å². The molecular weight excluding hydrogens is 448 g/mol. The zero-order valence-electron chi connectivity index (χ0n) is 18.3. The zero-order chi connectivity index (χ0) is 21.9. The van der Waals surface area contributed by atoms with E-state index in [9.17, 15) is 4.57 Å². The Kier molecular flexibility index (Phi) is 12.8. The van der Waals surface area contributed by atoms with Gasteiger partial charge >= 0.3 is 7.60 Å². The molecule has 0 saturated heterocycles. The standard InChI is InChI=1S/C19H35NO5P2S2/c1-7-22-26(21,23-8-2)19(27(28,24-9-3)25-10-4)17-11-13-18(14-12-17)29-16-15-20(5)6/h11-14,19H,7-10,15-16H2,1-6H3. The molecule has 168 valence electrons. The van der Waals surface area contributed by atoms with Gasteiger partial charge in [-0.15, -0.1) is 11.8 Å². The molecule has 1 unspecified atom stereocenters. The van der Waals surface area contributed by atoms with Crippen molar-refractivity contribution in [1.29, 1.82) is 0 Å². The van der Waals surface area contributed by atoms with Crippen LogP contribution in [0.1, 0.15) is 38.7 Å². The van der Waals surface area contributed by atoms with Crippen molar-refractivity contribution >= 4 is 37.7 Å². The number of rotatable bonds is 15. The van der Waals surface area contributed by atoms with Gasteiger partial charge < -0.3 is 23.0 Å². The summed E-state index contributed by atoms with van der Waals surface area (Å²) in [5.41, 5.74) is 0.762. The van der Waals surface area contributed by atoms with E-state index in [2.05, 4.69) is 19.0 Å². The summed E-state index contributed by atoms with van der Waals surface area (Å²) < 4.78 is 36.9. The Bertz CT molecular complexity index is 638. The molecule has 1 aromatic carbocycles. The van der Waals surface area contributed by atoms with E-state index >= 15 is 0 Å². The molecule has 0 aliphatic rings. The monoisotopic (exact) mass is 483 g/mol. The van der Waals surface area contributed by atoms with E-state index in [1.54, 1.807) is 25.6 Å². The van der Waals surface area contributed by atoms with Crippen molar-refractivity contribution in [1.82, 2.24) is 4.90 Å². The Labute approximate surface area is 185 Å².